The molecule has 0 bridgehead atoms. The second-order valence-corrected chi connectivity index (χ2v) is 8.54. The summed E-state index contributed by atoms with van der Waals surface area (Å²) in [6, 6.07) is 11.9. The summed E-state index contributed by atoms with van der Waals surface area (Å²) in [5.41, 5.74) is 2.52. The number of aryl methyl sites for hydroxylation is 1. The molecule has 1 saturated heterocycles. The fraction of sp³-hybridized carbons (Fsp3) is 0.348. The molecule has 0 unspecified atom stereocenters. The van der Waals surface area contributed by atoms with Gasteiger partial charge in [-0.25, -0.2) is 0 Å². The third-order valence-electron chi connectivity index (χ3n) is 6.02. The van der Waals surface area contributed by atoms with E-state index < -0.39 is 0 Å². The molecule has 5 nitrogen and oxygen atoms in total. The molecule has 3 amide bonds. The van der Waals surface area contributed by atoms with Gasteiger partial charge in [0, 0.05) is 16.3 Å². The van der Waals surface area contributed by atoms with Crippen molar-refractivity contribution in [2.24, 2.45) is 17.8 Å². The van der Waals surface area contributed by atoms with Gasteiger partial charge in [0.1, 0.15) is 0 Å². The highest BCUT2D eigenvalue weighted by atomic mass is 35.5. The zero-order valence-corrected chi connectivity index (χ0v) is 17.2. The Morgan fingerprint density at radius 1 is 1.03 bits per heavy atom. The molecule has 6 heteroatoms. The molecule has 1 N–H and O–H groups in total. The van der Waals surface area contributed by atoms with Crippen molar-refractivity contribution in [3.8, 4) is 0 Å². The molecule has 1 aliphatic carbocycles. The largest absolute Gasteiger partial charge is 0.322 e. The minimum atomic E-state index is -0.275. The van der Waals surface area contributed by atoms with E-state index in [4.69, 9.17) is 11.6 Å². The van der Waals surface area contributed by atoms with Crippen LogP contribution in [0.4, 0.5) is 11.4 Å². The van der Waals surface area contributed by atoms with Gasteiger partial charge in [-0.3, -0.25) is 19.3 Å². The van der Waals surface area contributed by atoms with E-state index in [1.54, 1.807) is 36.4 Å². The van der Waals surface area contributed by atoms with Crippen LogP contribution in [0.1, 0.15) is 42.1 Å². The molecule has 0 aromatic heterocycles. The summed E-state index contributed by atoms with van der Waals surface area (Å²) in [6.07, 6.45) is 2.52. The Hall–Kier alpha value is -2.66. The molecule has 3 atom stereocenters. The number of hydrogen-bond acceptors (Lipinski definition) is 3. The molecule has 2 aliphatic rings. The van der Waals surface area contributed by atoms with E-state index in [0.717, 1.165) is 24.8 Å². The maximum Gasteiger partial charge on any atom is 0.255 e. The van der Waals surface area contributed by atoms with Gasteiger partial charge in [-0.2, -0.15) is 0 Å². The Morgan fingerprint density at radius 3 is 2.45 bits per heavy atom. The highest BCUT2D eigenvalue weighted by Crippen LogP contribution is 2.42. The minimum absolute atomic E-state index is 0.112. The van der Waals surface area contributed by atoms with Crippen LogP contribution in [0.3, 0.4) is 0 Å². The van der Waals surface area contributed by atoms with E-state index in [1.165, 1.54) is 4.90 Å². The summed E-state index contributed by atoms with van der Waals surface area (Å²) < 4.78 is 0. The number of carbonyl (C=O) groups excluding carboxylic acids is 3. The third-order valence-corrected chi connectivity index (χ3v) is 6.26. The fourth-order valence-corrected chi connectivity index (χ4v) is 4.50. The van der Waals surface area contributed by atoms with Gasteiger partial charge in [-0.1, -0.05) is 24.6 Å². The number of amides is 3. The lowest BCUT2D eigenvalue weighted by molar-refractivity contribution is -0.122. The molecule has 2 fully saturated rings. The lowest BCUT2D eigenvalue weighted by Gasteiger charge is -2.25. The standard InChI is InChI=1S/C23H23ClN2O3/c1-13-3-10-18-19(11-13)23(29)26(22(18)28)17-8-5-15(6-9-17)21(27)25-20-12-16(24)7-4-14(20)2/h4-9,12-13,18-19H,3,10-11H2,1-2H3,(H,25,27)/t13-,18-,19+/m1/s1. The summed E-state index contributed by atoms with van der Waals surface area (Å²) in [5.74, 6) is -0.443. The molecule has 0 radical (unpaired) electrons. The molecule has 29 heavy (non-hydrogen) atoms. The first-order valence-corrected chi connectivity index (χ1v) is 10.3. The molecule has 1 aliphatic heterocycles. The normalized spacial score (nSPS) is 23.8. The smallest absolute Gasteiger partial charge is 0.255 e. The summed E-state index contributed by atoms with van der Waals surface area (Å²) in [5, 5.41) is 3.39. The molecule has 150 valence electrons. The van der Waals surface area contributed by atoms with Crippen molar-refractivity contribution in [2.45, 2.75) is 33.1 Å². The van der Waals surface area contributed by atoms with Crippen molar-refractivity contribution in [1.29, 1.82) is 0 Å². The molecule has 1 heterocycles. The monoisotopic (exact) mass is 410 g/mol. The third kappa shape index (κ3) is 3.67. The van der Waals surface area contributed by atoms with Gasteiger partial charge in [0.05, 0.1) is 17.5 Å². The number of nitrogens with zero attached hydrogens (tertiary/aromatic N) is 1. The topological polar surface area (TPSA) is 66.5 Å². The molecule has 2 aromatic carbocycles. The second kappa shape index (κ2) is 7.64. The predicted molar refractivity (Wildman–Crippen MR) is 113 cm³/mol. The maximum absolute atomic E-state index is 12.8. The average molecular weight is 411 g/mol. The van der Waals surface area contributed by atoms with Crippen molar-refractivity contribution in [3.63, 3.8) is 0 Å². The Kier molecular flexibility index (Phi) is 5.17. The Morgan fingerprint density at radius 2 is 1.72 bits per heavy atom. The molecular weight excluding hydrogens is 388 g/mol. The number of halogens is 1. The Balaban J connectivity index is 1.52. The minimum Gasteiger partial charge on any atom is -0.322 e. The van der Waals surface area contributed by atoms with Crippen LogP contribution in [0.15, 0.2) is 42.5 Å². The van der Waals surface area contributed by atoms with Crippen molar-refractivity contribution >= 4 is 40.7 Å². The SMILES string of the molecule is Cc1ccc(Cl)cc1NC(=O)c1ccc(N2C(=O)[C@H]3C[C@H](C)CC[C@H]3C2=O)cc1. The highest BCUT2D eigenvalue weighted by molar-refractivity contribution is 6.31. The van der Waals surface area contributed by atoms with Gasteiger partial charge in [-0.05, 0) is 74.1 Å². The molecular formula is C23H23ClN2O3. The quantitative estimate of drug-likeness (QED) is 0.737. The predicted octanol–water partition coefficient (Wildman–Crippen LogP) is 4.83. The zero-order valence-electron chi connectivity index (χ0n) is 16.4. The molecule has 4 rings (SSSR count). The van der Waals surface area contributed by atoms with Gasteiger partial charge in [-0.15, -0.1) is 0 Å². The number of rotatable bonds is 3. The van der Waals surface area contributed by atoms with Crippen LogP contribution >= 0.6 is 11.6 Å². The van der Waals surface area contributed by atoms with E-state index in [9.17, 15) is 14.4 Å². The van der Waals surface area contributed by atoms with E-state index in [0.29, 0.717) is 27.9 Å². The van der Waals surface area contributed by atoms with Gasteiger partial charge in [0.15, 0.2) is 0 Å². The molecule has 0 spiro atoms. The van der Waals surface area contributed by atoms with Gasteiger partial charge >= 0.3 is 0 Å². The maximum atomic E-state index is 12.8. The van der Waals surface area contributed by atoms with E-state index >= 15 is 0 Å². The number of nitrogens with one attached hydrogen (secondary N) is 1. The van der Waals surface area contributed by atoms with E-state index in [1.807, 2.05) is 13.0 Å². The van der Waals surface area contributed by atoms with Crippen LogP contribution < -0.4 is 10.2 Å². The average Bonchev–Trinajstić information content (AvgIpc) is 2.94. The van der Waals surface area contributed by atoms with Crippen molar-refractivity contribution in [2.75, 3.05) is 10.2 Å². The summed E-state index contributed by atoms with van der Waals surface area (Å²) >= 11 is 6.01. The number of fused-ring (bicyclic) bond motifs is 1. The Labute approximate surface area is 175 Å². The van der Waals surface area contributed by atoms with Crippen LogP contribution in [0.5, 0.6) is 0 Å². The first kappa shape index (κ1) is 19.6. The number of hydrogen-bond donors (Lipinski definition) is 1. The van der Waals surface area contributed by atoms with Gasteiger partial charge < -0.3 is 5.32 Å². The van der Waals surface area contributed by atoms with Crippen LogP contribution in [0.2, 0.25) is 5.02 Å². The van der Waals surface area contributed by atoms with Gasteiger partial charge in [0.2, 0.25) is 11.8 Å². The van der Waals surface area contributed by atoms with Crippen molar-refractivity contribution < 1.29 is 14.4 Å². The zero-order chi connectivity index (χ0) is 20.7. The van der Waals surface area contributed by atoms with Crippen LogP contribution in [0.25, 0.3) is 0 Å². The summed E-state index contributed by atoms with van der Waals surface area (Å²) in [6.45, 7) is 4.02. The number of carbonyl (C=O) groups is 3. The summed E-state index contributed by atoms with van der Waals surface area (Å²) in [7, 11) is 0. The lowest BCUT2D eigenvalue weighted by atomic mass is 9.76. The highest BCUT2D eigenvalue weighted by Gasteiger charge is 2.49. The Bertz CT molecular complexity index is 986. The van der Waals surface area contributed by atoms with Crippen molar-refractivity contribution in [1.82, 2.24) is 0 Å². The molecule has 1 saturated carbocycles. The van der Waals surface area contributed by atoms with E-state index in [2.05, 4.69) is 12.2 Å². The number of benzene rings is 2. The first-order valence-electron chi connectivity index (χ1n) is 9.90. The van der Waals surface area contributed by atoms with E-state index in [-0.39, 0.29) is 29.6 Å². The fourth-order valence-electron chi connectivity index (χ4n) is 4.33. The van der Waals surface area contributed by atoms with Crippen LogP contribution in [-0.4, -0.2) is 17.7 Å². The van der Waals surface area contributed by atoms with Gasteiger partial charge in [0.25, 0.3) is 5.91 Å². The van der Waals surface area contributed by atoms with Crippen molar-refractivity contribution in [3.05, 3.63) is 58.6 Å². The second-order valence-electron chi connectivity index (χ2n) is 8.10. The number of imide groups is 1. The lowest BCUT2D eigenvalue weighted by Crippen LogP contribution is -2.30. The molecule has 2 aromatic rings. The summed E-state index contributed by atoms with van der Waals surface area (Å²) in [4.78, 5) is 39.5. The van der Waals surface area contributed by atoms with Crippen LogP contribution in [-0.2, 0) is 9.59 Å². The number of anilines is 2. The first-order chi connectivity index (χ1) is 13.8. The van der Waals surface area contributed by atoms with Crippen LogP contribution in [0, 0.1) is 24.7 Å².